The molecule has 19 heavy (non-hydrogen) atoms. The fourth-order valence-corrected chi connectivity index (χ4v) is 2.22. The van der Waals surface area contributed by atoms with E-state index in [1.165, 1.54) is 11.1 Å². The summed E-state index contributed by atoms with van der Waals surface area (Å²) in [6.45, 7) is 2.71. The predicted molar refractivity (Wildman–Crippen MR) is 82.4 cm³/mol. The molecule has 0 fully saturated rings. The number of hydrogen-bond acceptors (Lipinski definition) is 2. The van der Waals surface area contributed by atoms with Gasteiger partial charge in [0.15, 0.2) is 0 Å². The van der Waals surface area contributed by atoms with Crippen LogP contribution in [0.15, 0.2) is 53.0 Å². The maximum Gasteiger partial charge on any atom is 0.125 e. The molecule has 0 aliphatic carbocycles. The molecule has 1 atom stereocenters. The van der Waals surface area contributed by atoms with Crippen molar-refractivity contribution in [2.45, 2.75) is 19.6 Å². The average Bonchev–Trinajstić information content (AvgIpc) is 2.45. The first-order chi connectivity index (χ1) is 9.20. The smallest absolute Gasteiger partial charge is 0.125 e. The van der Waals surface area contributed by atoms with Crippen LogP contribution in [0.1, 0.15) is 24.1 Å². The molecule has 1 unspecified atom stereocenters. The third kappa shape index (κ3) is 3.82. The van der Waals surface area contributed by atoms with Crippen molar-refractivity contribution in [3.05, 3.63) is 64.1 Å². The highest BCUT2D eigenvalue weighted by molar-refractivity contribution is 9.10. The summed E-state index contributed by atoms with van der Waals surface area (Å²) in [5.41, 5.74) is 2.34. The minimum Gasteiger partial charge on any atom is -0.489 e. The summed E-state index contributed by atoms with van der Waals surface area (Å²) >= 11 is 3.49. The van der Waals surface area contributed by atoms with Gasteiger partial charge in [0.05, 0.1) is 0 Å². The van der Waals surface area contributed by atoms with Crippen LogP contribution in [0.5, 0.6) is 5.75 Å². The Morgan fingerprint density at radius 2 is 1.89 bits per heavy atom. The van der Waals surface area contributed by atoms with Crippen molar-refractivity contribution in [1.29, 1.82) is 0 Å². The molecule has 0 aliphatic rings. The average molecular weight is 320 g/mol. The summed E-state index contributed by atoms with van der Waals surface area (Å²) in [5.74, 6) is 0.917. The second kappa shape index (κ2) is 6.73. The van der Waals surface area contributed by atoms with Crippen LogP contribution in [0.3, 0.4) is 0 Å². The van der Waals surface area contributed by atoms with Crippen LogP contribution in [-0.2, 0) is 6.61 Å². The fraction of sp³-hybridized carbons (Fsp3) is 0.250. The molecule has 0 bridgehead atoms. The Morgan fingerprint density at radius 1 is 1.16 bits per heavy atom. The molecule has 0 aromatic heterocycles. The standard InChI is InChI=1S/C16H18BrNO/c1-12(18-2)15-9-8-14(17)10-16(15)19-11-13-6-4-3-5-7-13/h3-10,12,18H,11H2,1-2H3. The summed E-state index contributed by atoms with van der Waals surface area (Å²) in [5, 5.41) is 3.24. The van der Waals surface area contributed by atoms with E-state index in [0.29, 0.717) is 6.61 Å². The van der Waals surface area contributed by atoms with Gasteiger partial charge in [-0.1, -0.05) is 52.3 Å². The molecular weight excluding hydrogens is 302 g/mol. The Morgan fingerprint density at radius 3 is 2.58 bits per heavy atom. The monoisotopic (exact) mass is 319 g/mol. The lowest BCUT2D eigenvalue weighted by Gasteiger charge is -2.17. The Hall–Kier alpha value is -1.32. The van der Waals surface area contributed by atoms with Crippen LogP contribution < -0.4 is 10.1 Å². The topological polar surface area (TPSA) is 21.3 Å². The Balaban J connectivity index is 2.16. The quantitative estimate of drug-likeness (QED) is 0.886. The zero-order valence-electron chi connectivity index (χ0n) is 11.2. The molecule has 0 aliphatic heterocycles. The molecule has 0 spiro atoms. The molecule has 0 amide bonds. The molecule has 0 saturated carbocycles. The van der Waals surface area contributed by atoms with E-state index in [1.807, 2.05) is 37.4 Å². The number of benzene rings is 2. The van der Waals surface area contributed by atoms with E-state index in [-0.39, 0.29) is 6.04 Å². The molecule has 100 valence electrons. The second-order valence-electron chi connectivity index (χ2n) is 4.47. The largest absolute Gasteiger partial charge is 0.489 e. The molecule has 0 heterocycles. The number of rotatable bonds is 5. The Kier molecular flexibility index (Phi) is 5.00. The number of ether oxygens (including phenoxy) is 1. The van der Waals surface area contributed by atoms with Gasteiger partial charge in [-0.15, -0.1) is 0 Å². The van der Waals surface area contributed by atoms with Gasteiger partial charge in [0, 0.05) is 16.1 Å². The first-order valence-electron chi connectivity index (χ1n) is 6.34. The highest BCUT2D eigenvalue weighted by Gasteiger charge is 2.10. The first-order valence-corrected chi connectivity index (χ1v) is 7.13. The fourth-order valence-electron chi connectivity index (χ4n) is 1.88. The number of hydrogen-bond donors (Lipinski definition) is 1. The van der Waals surface area contributed by atoms with Crippen molar-refractivity contribution < 1.29 is 4.74 Å². The molecule has 0 saturated heterocycles. The molecule has 1 N–H and O–H groups in total. The molecule has 2 rings (SSSR count). The summed E-state index contributed by atoms with van der Waals surface area (Å²) in [7, 11) is 1.95. The van der Waals surface area contributed by atoms with Gasteiger partial charge in [-0.3, -0.25) is 0 Å². The minimum absolute atomic E-state index is 0.263. The van der Waals surface area contributed by atoms with E-state index < -0.39 is 0 Å². The molecule has 3 heteroatoms. The van der Waals surface area contributed by atoms with Gasteiger partial charge in [0.25, 0.3) is 0 Å². The number of halogens is 1. The minimum atomic E-state index is 0.263. The van der Waals surface area contributed by atoms with E-state index in [4.69, 9.17) is 4.74 Å². The van der Waals surface area contributed by atoms with Gasteiger partial charge >= 0.3 is 0 Å². The Labute approximate surface area is 122 Å². The van der Waals surface area contributed by atoms with Crippen LogP contribution in [-0.4, -0.2) is 7.05 Å². The van der Waals surface area contributed by atoms with Crippen LogP contribution in [0.4, 0.5) is 0 Å². The molecule has 2 nitrogen and oxygen atoms in total. The van der Waals surface area contributed by atoms with Gasteiger partial charge < -0.3 is 10.1 Å². The normalized spacial score (nSPS) is 12.2. The van der Waals surface area contributed by atoms with Gasteiger partial charge in [0.2, 0.25) is 0 Å². The second-order valence-corrected chi connectivity index (χ2v) is 5.38. The molecule has 2 aromatic rings. The van der Waals surface area contributed by atoms with Crippen molar-refractivity contribution in [2.75, 3.05) is 7.05 Å². The highest BCUT2D eigenvalue weighted by atomic mass is 79.9. The molecular formula is C16H18BrNO. The van der Waals surface area contributed by atoms with Crippen molar-refractivity contribution in [3.8, 4) is 5.75 Å². The van der Waals surface area contributed by atoms with Gasteiger partial charge in [0.1, 0.15) is 12.4 Å². The van der Waals surface area contributed by atoms with Crippen LogP contribution in [0.25, 0.3) is 0 Å². The third-order valence-corrected chi connectivity index (χ3v) is 3.61. The van der Waals surface area contributed by atoms with E-state index >= 15 is 0 Å². The van der Waals surface area contributed by atoms with Gasteiger partial charge in [-0.25, -0.2) is 0 Å². The summed E-state index contributed by atoms with van der Waals surface area (Å²) in [6, 6.07) is 16.6. The number of nitrogens with one attached hydrogen (secondary N) is 1. The maximum absolute atomic E-state index is 5.96. The van der Waals surface area contributed by atoms with Crippen molar-refractivity contribution in [3.63, 3.8) is 0 Å². The highest BCUT2D eigenvalue weighted by Crippen LogP contribution is 2.29. The van der Waals surface area contributed by atoms with Gasteiger partial charge in [-0.2, -0.15) is 0 Å². The molecule has 0 radical (unpaired) electrons. The van der Waals surface area contributed by atoms with E-state index in [1.54, 1.807) is 0 Å². The van der Waals surface area contributed by atoms with E-state index in [9.17, 15) is 0 Å². The summed E-state index contributed by atoms with van der Waals surface area (Å²) in [4.78, 5) is 0. The summed E-state index contributed by atoms with van der Waals surface area (Å²) in [6.07, 6.45) is 0. The maximum atomic E-state index is 5.96. The first kappa shape index (κ1) is 14.1. The van der Waals surface area contributed by atoms with Crippen molar-refractivity contribution in [2.24, 2.45) is 0 Å². The Bertz CT molecular complexity index is 528. The zero-order valence-corrected chi connectivity index (χ0v) is 12.8. The lowest BCUT2D eigenvalue weighted by Crippen LogP contribution is -2.13. The SMILES string of the molecule is CNC(C)c1ccc(Br)cc1OCc1ccccc1. The van der Waals surface area contributed by atoms with Crippen molar-refractivity contribution >= 4 is 15.9 Å². The van der Waals surface area contributed by atoms with Crippen LogP contribution in [0.2, 0.25) is 0 Å². The predicted octanol–water partition coefficient (Wildman–Crippen LogP) is 4.31. The van der Waals surface area contributed by atoms with E-state index in [0.717, 1.165) is 10.2 Å². The molecule has 2 aromatic carbocycles. The van der Waals surface area contributed by atoms with E-state index in [2.05, 4.69) is 46.4 Å². The van der Waals surface area contributed by atoms with Gasteiger partial charge in [-0.05, 0) is 31.7 Å². The lowest BCUT2D eigenvalue weighted by atomic mass is 10.1. The van der Waals surface area contributed by atoms with Crippen LogP contribution >= 0.6 is 15.9 Å². The summed E-state index contributed by atoms with van der Waals surface area (Å²) < 4.78 is 6.99. The van der Waals surface area contributed by atoms with Crippen molar-refractivity contribution in [1.82, 2.24) is 5.32 Å². The lowest BCUT2D eigenvalue weighted by molar-refractivity contribution is 0.300. The van der Waals surface area contributed by atoms with Crippen LogP contribution in [0, 0.1) is 0 Å². The third-order valence-electron chi connectivity index (χ3n) is 3.11. The zero-order chi connectivity index (χ0) is 13.7.